The number of hydrogen-bond acceptors (Lipinski definition) is 2. The molecule has 27 heavy (non-hydrogen) atoms. The van der Waals surface area contributed by atoms with Gasteiger partial charge in [0, 0.05) is 16.5 Å². The fourth-order valence-electron chi connectivity index (χ4n) is 4.02. The van der Waals surface area contributed by atoms with Crippen molar-refractivity contribution in [3.8, 4) is 11.1 Å². The number of aromatic amines is 1. The Labute approximate surface area is 158 Å². The first-order valence-electron chi connectivity index (χ1n) is 9.67. The number of para-hydroxylation sites is 1. The van der Waals surface area contributed by atoms with Gasteiger partial charge in [0.05, 0.1) is 5.56 Å². The molecule has 0 radical (unpaired) electrons. The monoisotopic (exact) mass is 357 g/mol. The van der Waals surface area contributed by atoms with Crippen molar-refractivity contribution in [3.63, 3.8) is 0 Å². The summed E-state index contributed by atoms with van der Waals surface area (Å²) in [6.45, 7) is 0. The van der Waals surface area contributed by atoms with E-state index < -0.39 is 0 Å². The highest BCUT2D eigenvalue weighted by molar-refractivity contribution is 6.13. The molecular formula is C24H23NO2. The Morgan fingerprint density at radius 2 is 1.63 bits per heavy atom. The van der Waals surface area contributed by atoms with Crippen LogP contribution in [0.5, 0.6) is 0 Å². The minimum absolute atomic E-state index is 0.216. The molecular weight excluding hydrogens is 334 g/mol. The number of benzene rings is 2. The van der Waals surface area contributed by atoms with Crippen molar-refractivity contribution in [2.24, 2.45) is 5.92 Å². The van der Waals surface area contributed by atoms with Gasteiger partial charge in [0.15, 0.2) is 5.78 Å². The molecule has 1 N–H and O–H groups in total. The van der Waals surface area contributed by atoms with Crippen LogP contribution in [0.15, 0.2) is 71.5 Å². The molecule has 4 rings (SSSR count). The van der Waals surface area contributed by atoms with E-state index in [1.54, 1.807) is 6.08 Å². The molecule has 0 atom stereocenters. The van der Waals surface area contributed by atoms with Crippen LogP contribution < -0.4 is 5.56 Å². The van der Waals surface area contributed by atoms with Gasteiger partial charge in [-0.25, -0.2) is 0 Å². The Morgan fingerprint density at radius 3 is 2.41 bits per heavy atom. The third kappa shape index (κ3) is 3.63. The van der Waals surface area contributed by atoms with Crippen molar-refractivity contribution in [1.82, 2.24) is 4.98 Å². The summed E-state index contributed by atoms with van der Waals surface area (Å²) in [6.07, 6.45) is 9.59. The lowest BCUT2D eigenvalue weighted by Gasteiger charge is -2.17. The van der Waals surface area contributed by atoms with Gasteiger partial charge in [-0.15, -0.1) is 0 Å². The van der Waals surface area contributed by atoms with Crippen molar-refractivity contribution in [1.29, 1.82) is 0 Å². The normalized spacial score (nSPS) is 15.4. The summed E-state index contributed by atoms with van der Waals surface area (Å²) in [5.74, 6) is 0.230. The SMILES string of the molecule is O=C(/C=C/C1CCCCC1)c1c(-c2ccccc2)c2ccccc2[nH]c1=O. The largest absolute Gasteiger partial charge is 0.321 e. The molecule has 1 heterocycles. The zero-order valence-corrected chi connectivity index (χ0v) is 15.3. The van der Waals surface area contributed by atoms with Crippen LogP contribution in [-0.2, 0) is 0 Å². The van der Waals surface area contributed by atoms with E-state index in [2.05, 4.69) is 4.98 Å². The molecule has 0 spiro atoms. The summed E-state index contributed by atoms with van der Waals surface area (Å²) in [4.78, 5) is 28.7. The van der Waals surface area contributed by atoms with Gasteiger partial charge in [-0.3, -0.25) is 9.59 Å². The lowest BCUT2D eigenvalue weighted by molar-refractivity contribution is 0.104. The number of H-pyrrole nitrogens is 1. The summed E-state index contributed by atoms with van der Waals surface area (Å²) >= 11 is 0. The molecule has 1 saturated carbocycles. The molecule has 0 aliphatic heterocycles. The van der Waals surface area contributed by atoms with Crippen LogP contribution >= 0.6 is 0 Å². The van der Waals surface area contributed by atoms with Crippen LogP contribution in [0.4, 0.5) is 0 Å². The molecule has 3 aromatic rings. The average molecular weight is 357 g/mol. The highest BCUT2D eigenvalue weighted by atomic mass is 16.1. The summed E-state index contributed by atoms with van der Waals surface area (Å²) in [5.41, 5.74) is 2.24. The smallest absolute Gasteiger partial charge is 0.260 e. The second-order valence-electron chi connectivity index (χ2n) is 7.24. The Bertz CT molecular complexity index is 1040. The molecule has 1 fully saturated rings. The molecule has 1 aliphatic rings. The molecule has 1 aliphatic carbocycles. The van der Waals surface area contributed by atoms with Crippen LogP contribution in [0.1, 0.15) is 42.5 Å². The van der Waals surface area contributed by atoms with Crippen molar-refractivity contribution < 1.29 is 4.79 Å². The number of nitrogens with one attached hydrogen (secondary N) is 1. The van der Waals surface area contributed by atoms with Crippen molar-refractivity contribution >= 4 is 16.7 Å². The Morgan fingerprint density at radius 1 is 0.926 bits per heavy atom. The molecule has 2 aromatic carbocycles. The van der Waals surface area contributed by atoms with Gasteiger partial charge in [0.2, 0.25) is 0 Å². The predicted octanol–water partition coefficient (Wildman–Crippen LogP) is 5.51. The van der Waals surface area contributed by atoms with Crippen molar-refractivity contribution in [3.05, 3.63) is 82.7 Å². The molecule has 0 bridgehead atoms. The number of allylic oxidation sites excluding steroid dienone is 2. The maximum atomic E-state index is 13.0. The van der Waals surface area contributed by atoms with E-state index in [9.17, 15) is 9.59 Å². The van der Waals surface area contributed by atoms with Crippen LogP contribution in [-0.4, -0.2) is 10.8 Å². The first-order valence-corrected chi connectivity index (χ1v) is 9.67. The van der Waals surface area contributed by atoms with Crippen molar-refractivity contribution in [2.75, 3.05) is 0 Å². The maximum Gasteiger partial charge on any atom is 0.260 e. The molecule has 0 unspecified atom stereocenters. The first-order chi connectivity index (χ1) is 13.2. The van der Waals surface area contributed by atoms with Gasteiger partial charge < -0.3 is 4.98 Å². The van der Waals surface area contributed by atoms with E-state index in [1.807, 2.05) is 60.7 Å². The summed E-state index contributed by atoms with van der Waals surface area (Å²) in [7, 11) is 0. The van der Waals surface area contributed by atoms with E-state index >= 15 is 0 Å². The summed E-state index contributed by atoms with van der Waals surface area (Å²) in [6, 6.07) is 17.3. The van der Waals surface area contributed by atoms with Gasteiger partial charge in [0.25, 0.3) is 5.56 Å². The lowest BCUT2D eigenvalue weighted by atomic mass is 9.88. The van der Waals surface area contributed by atoms with Gasteiger partial charge in [0.1, 0.15) is 0 Å². The van der Waals surface area contributed by atoms with Gasteiger partial charge >= 0.3 is 0 Å². The fourth-order valence-corrected chi connectivity index (χ4v) is 4.02. The average Bonchev–Trinajstić information content (AvgIpc) is 2.72. The summed E-state index contributed by atoms with van der Waals surface area (Å²) < 4.78 is 0. The number of carbonyl (C=O) groups is 1. The molecule has 136 valence electrons. The van der Waals surface area contributed by atoms with E-state index in [1.165, 1.54) is 19.3 Å². The van der Waals surface area contributed by atoms with E-state index in [4.69, 9.17) is 0 Å². The van der Waals surface area contributed by atoms with Crippen LogP contribution in [0.2, 0.25) is 0 Å². The van der Waals surface area contributed by atoms with E-state index in [0.717, 1.165) is 29.3 Å². The summed E-state index contributed by atoms with van der Waals surface area (Å²) in [5, 5.41) is 0.887. The second kappa shape index (κ2) is 7.75. The predicted molar refractivity (Wildman–Crippen MR) is 110 cm³/mol. The van der Waals surface area contributed by atoms with Crippen LogP contribution in [0.3, 0.4) is 0 Å². The zero-order valence-electron chi connectivity index (χ0n) is 15.3. The number of ketones is 1. The van der Waals surface area contributed by atoms with E-state index in [-0.39, 0.29) is 16.9 Å². The Kier molecular flexibility index (Phi) is 5.01. The highest BCUT2D eigenvalue weighted by Crippen LogP contribution is 2.30. The quantitative estimate of drug-likeness (QED) is 0.494. The Hall–Kier alpha value is -2.94. The number of carbonyl (C=O) groups excluding carboxylic acids is 1. The van der Waals surface area contributed by atoms with Crippen LogP contribution in [0.25, 0.3) is 22.0 Å². The molecule has 0 saturated heterocycles. The second-order valence-corrected chi connectivity index (χ2v) is 7.24. The van der Waals surface area contributed by atoms with Gasteiger partial charge in [-0.1, -0.05) is 73.9 Å². The number of pyridine rings is 1. The number of aromatic nitrogens is 1. The number of fused-ring (bicyclic) bond motifs is 1. The third-order valence-corrected chi connectivity index (χ3v) is 5.40. The standard InChI is InChI=1S/C24H23NO2/c26-21(16-15-17-9-3-1-4-10-17)23-22(18-11-5-2-6-12-18)19-13-7-8-14-20(19)25-24(23)27/h2,5-8,11-17H,1,3-4,9-10H2,(H,25,27)/b16-15+. The molecule has 3 heteroatoms. The van der Waals surface area contributed by atoms with Gasteiger partial charge in [-0.05, 0) is 36.5 Å². The van der Waals surface area contributed by atoms with Crippen molar-refractivity contribution in [2.45, 2.75) is 32.1 Å². The highest BCUT2D eigenvalue weighted by Gasteiger charge is 2.19. The lowest BCUT2D eigenvalue weighted by Crippen LogP contribution is -2.19. The fraction of sp³-hybridized carbons (Fsp3) is 0.250. The minimum atomic E-state index is -0.328. The first kappa shape index (κ1) is 17.5. The van der Waals surface area contributed by atoms with E-state index in [0.29, 0.717) is 11.5 Å². The van der Waals surface area contributed by atoms with Crippen LogP contribution in [0, 0.1) is 5.92 Å². The zero-order chi connectivity index (χ0) is 18.6. The molecule has 3 nitrogen and oxygen atoms in total. The maximum absolute atomic E-state index is 13.0. The number of rotatable bonds is 4. The Balaban J connectivity index is 1.84. The minimum Gasteiger partial charge on any atom is -0.321 e. The molecule has 0 amide bonds. The van der Waals surface area contributed by atoms with Gasteiger partial charge in [-0.2, -0.15) is 0 Å². The third-order valence-electron chi connectivity index (χ3n) is 5.40. The number of hydrogen-bond donors (Lipinski definition) is 1. The topological polar surface area (TPSA) is 49.9 Å². The molecule has 1 aromatic heterocycles.